The van der Waals surface area contributed by atoms with Gasteiger partial charge in [0.15, 0.2) is 0 Å². The van der Waals surface area contributed by atoms with Crippen LogP contribution in [0.3, 0.4) is 0 Å². The molecule has 0 spiro atoms. The van der Waals surface area contributed by atoms with Gasteiger partial charge in [-0.3, -0.25) is 4.98 Å². The van der Waals surface area contributed by atoms with Crippen LogP contribution < -0.4 is 10.6 Å². The first-order chi connectivity index (χ1) is 9.65. The fraction of sp³-hybridized carbons (Fsp3) is 0.353. The van der Waals surface area contributed by atoms with Gasteiger partial charge < -0.3 is 10.6 Å². The molecule has 1 aromatic carbocycles. The zero-order valence-electron chi connectivity index (χ0n) is 12.5. The van der Waals surface area contributed by atoms with Crippen LogP contribution in [0.4, 0.5) is 11.4 Å². The molecule has 0 fully saturated rings. The molecule has 20 heavy (non-hydrogen) atoms. The van der Waals surface area contributed by atoms with Crippen molar-refractivity contribution in [2.45, 2.75) is 32.7 Å². The third-order valence-electron chi connectivity index (χ3n) is 3.71. The van der Waals surface area contributed by atoms with Gasteiger partial charge in [0.05, 0.1) is 17.6 Å². The standard InChI is InChI=1S/C17H23N3/c1-4-13-6-8-14(9-7-13)20(3)15-10-11-17(19-12-15)16(18)5-2/h6-12,16H,4-5,18H2,1-3H3. The number of aromatic nitrogens is 1. The molecule has 2 aromatic rings. The fourth-order valence-electron chi connectivity index (χ4n) is 2.13. The zero-order chi connectivity index (χ0) is 14.5. The molecular weight excluding hydrogens is 246 g/mol. The van der Waals surface area contributed by atoms with E-state index in [1.165, 1.54) is 5.56 Å². The monoisotopic (exact) mass is 269 g/mol. The van der Waals surface area contributed by atoms with E-state index in [-0.39, 0.29) is 6.04 Å². The van der Waals surface area contributed by atoms with Crippen LogP contribution in [0.25, 0.3) is 0 Å². The van der Waals surface area contributed by atoms with Crippen LogP contribution in [0.2, 0.25) is 0 Å². The SMILES string of the molecule is CCc1ccc(N(C)c2ccc(C(N)CC)nc2)cc1. The Morgan fingerprint density at radius 3 is 2.20 bits per heavy atom. The van der Waals surface area contributed by atoms with Gasteiger partial charge in [0, 0.05) is 18.8 Å². The Morgan fingerprint density at radius 2 is 1.70 bits per heavy atom. The van der Waals surface area contributed by atoms with Gasteiger partial charge in [-0.25, -0.2) is 0 Å². The zero-order valence-corrected chi connectivity index (χ0v) is 12.5. The number of aryl methyl sites for hydroxylation is 1. The second-order valence-electron chi connectivity index (χ2n) is 5.04. The normalized spacial score (nSPS) is 12.2. The average molecular weight is 269 g/mol. The van der Waals surface area contributed by atoms with Crippen molar-refractivity contribution in [2.24, 2.45) is 5.73 Å². The van der Waals surface area contributed by atoms with Crippen LogP contribution in [0.1, 0.15) is 37.6 Å². The maximum absolute atomic E-state index is 5.99. The molecule has 0 aliphatic heterocycles. The lowest BCUT2D eigenvalue weighted by Crippen LogP contribution is -2.13. The Morgan fingerprint density at radius 1 is 1.05 bits per heavy atom. The Balaban J connectivity index is 2.17. The lowest BCUT2D eigenvalue weighted by atomic mass is 10.1. The van der Waals surface area contributed by atoms with E-state index < -0.39 is 0 Å². The summed E-state index contributed by atoms with van der Waals surface area (Å²) in [5, 5.41) is 0. The summed E-state index contributed by atoms with van der Waals surface area (Å²) in [6.45, 7) is 4.24. The van der Waals surface area contributed by atoms with Gasteiger partial charge in [-0.2, -0.15) is 0 Å². The Labute approximate surface area is 121 Å². The van der Waals surface area contributed by atoms with Gasteiger partial charge in [0.25, 0.3) is 0 Å². The van der Waals surface area contributed by atoms with E-state index >= 15 is 0 Å². The van der Waals surface area contributed by atoms with Crippen molar-refractivity contribution in [2.75, 3.05) is 11.9 Å². The van der Waals surface area contributed by atoms with Gasteiger partial charge in [-0.05, 0) is 42.7 Å². The molecule has 106 valence electrons. The van der Waals surface area contributed by atoms with Crippen molar-refractivity contribution in [3.05, 3.63) is 53.9 Å². The molecule has 0 bridgehead atoms. The number of benzene rings is 1. The Bertz CT molecular complexity index is 531. The topological polar surface area (TPSA) is 42.1 Å². The number of anilines is 2. The molecule has 0 amide bonds. The maximum atomic E-state index is 5.99. The summed E-state index contributed by atoms with van der Waals surface area (Å²) in [6.07, 6.45) is 3.86. The molecule has 0 saturated heterocycles. The van der Waals surface area contributed by atoms with E-state index in [1.807, 2.05) is 12.3 Å². The molecule has 0 aliphatic carbocycles. The summed E-state index contributed by atoms with van der Waals surface area (Å²) < 4.78 is 0. The van der Waals surface area contributed by atoms with E-state index in [0.29, 0.717) is 0 Å². The minimum absolute atomic E-state index is 0.0261. The van der Waals surface area contributed by atoms with Crippen molar-refractivity contribution < 1.29 is 0 Å². The van der Waals surface area contributed by atoms with E-state index in [1.54, 1.807) is 0 Å². The molecule has 3 heteroatoms. The molecule has 3 nitrogen and oxygen atoms in total. The van der Waals surface area contributed by atoms with E-state index in [9.17, 15) is 0 Å². The van der Waals surface area contributed by atoms with Gasteiger partial charge in [-0.15, -0.1) is 0 Å². The summed E-state index contributed by atoms with van der Waals surface area (Å²) in [5.74, 6) is 0. The van der Waals surface area contributed by atoms with E-state index in [4.69, 9.17) is 5.73 Å². The molecule has 0 saturated carbocycles. The van der Waals surface area contributed by atoms with Crippen molar-refractivity contribution in [1.29, 1.82) is 0 Å². The van der Waals surface area contributed by atoms with Gasteiger partial charge in [0.2, 0.25) is 0 Å². The lowest BCUT2D eigenvalue weighted by Gasteiger charge is -2.20. The van der Waals surface area contributed by atoms with E-state index in [0.717, 1.165) is 29.9 Å². The highest BCUT2D eigenvalue weighted by Crippen LogP contribution is 2.24. The third kappa shape index (κ3) is 3.17. The highest BCUT2D eigenvalue weighted by atomic mass is 15.1. The second-order valence-corrected chi connectivity index (χ2v) is 5.04. The summed E-state index contributed by atoms with van der Waals surface area (Å²) in [4.78, 5) is 6.60. The smallest absolute Gasteiger partial charge is 0.0594 e. The number of rotatable bonds is 5. The molecule has 1 aromatic heterocycles. The first-order valence-corrected chi connectivity index (χ1v) is 7.19. The molecule has 2 N–H and O–H groups in total. The van der Waals surface area contributed by atoms with Gasteiger partial charge in [0.1, 0.15) is 0 Å². The maximum Gasteiger partial charge on any atom is 0.0594 e. The molecule has 0 aliphatic rings. The minimum atomic E-state index is 0.0261. The van der Waals surface area contributed by atoms with Gasteiger partial charge >= 0.3 is 0 Å². The Hall–Kier alpha value is -1.87. The number of hydrogen-bond donors (Lipinski definition) is 1. The first kappa shape index (κ1) is 14.5. The fourth-order valence-corrected chi connectivity index (χ4v) is 2.13. The number of nitrogens with two attached hydrogens (primary N) is 1. The van der Waals surface area contributed by atoms with Crippen LogP contribution in [0, 0.1) is 0 Å². The van der Waals surface area contributed by atoms with Crippen molar-refractivity contribution >= 4 is 11.4 Å². The average Bonchev–Trinajstić information content (AvgIpc) is 2.53. The first-order valence-electron chi connectivity index (χ1n) is 7.19. The molecule has 2 rings (SSSR count). The van der Waals surface area contributed by atoms with Crippen LogP contribution in [0.5, 0.6) is 0 Å². The lowest BCUT2D eigenvalue weighted by molar-refractivity contribution is 0.675. The molecule has 1 heterocycles. The largest absolute Gasteiger partial charge is 0.343 e. The van der Waals surface area contributed by atoms with Gasteiger partial charge in [-0.1, -0.05) is 26.0 Å². The molecular formula is C17H23N3. The highest BCUT2D eigenvalue weighted by molar-refractivity contribution is 5.61. The van der Waals surface area contributed by atoms with Crippen LogP contribution >= 0.6 is 0 Å². The second kappa shape index (κ2) is 6.53. The molecule has 0 radical (unpaired) electrons. The minimum Gasteiger partial charge on any atom is -0.343 e. The van der Waals surface area contributed by atoms with E-state index in [2.05, 4.69) is 61.1 Å². The third-order valence-corrected chi connectivity index (χ3v) is 3.71. The number of pyridine rings is 1. The molecule has 1 unspecified atom stereocenters. The predicted octanol–water partition coefficient (Wildman–Crippen LogP) is 3.82. The summed E-state index contributed by atoms with van der Waals surface area (Å²) >= 11 is 0. The molecule has 1 atom stereocenters. The number of nitrogens with zero attached hydrogens (tertiary/aromatic N) is 2. The highest BCUT2D eigenvalue weighted by Gasteiger charge is 2.07. The summed E-state index contributed by atoms with van der Waals surface area (Å²) in [5.41, 5.74) is 10.5. The van der Waals surface area contributed by atoms with Crippen molar-refractivity contribution in [1.82, 2.24) is 4.98 Å². The summed E-state index contributed by atoms with van der Waals surface area (Å²) in [6, 6.07) is 12.7. The predicted molar refractivity (Wildman–Crippen MR) is 85.3 cm³/mol. The quantitative estimate of drug-likeness (QED) is 0.897. The summed E-state index contributed by atoms with van der Waals surface area (Å²) in [7, 11) is 2.05. The van der Waals surface area contributed by atoms with Crippen molar-refractivity contribution in [3.63, 3.8) is 0 Å². The Kier molecular flexibility index (Phi) is 4.74. The van der Waals surface area contributed by atoms with Crippen LogP contribution in [-0.2, 0) is 6.42 Å². The van der Waals surface area contributed by atoms with Crippen LogP contribution in [-0.4, -0.2) is 12.0 Å². The van der Waals surface area contributed by atoms with Crippen LogP contribution in [0.15, 0.2) is 42.6 Å². The van der Waals surface area contributed by atoms with Crippen molar-refractivity contribution in [3.8, 4) is 0 Å². The number of hydrogen-bond acceptors (Lipinski definition) is 3.